The van der Waals surface area contributed by atoms with Gasteiger partial charge in [0.05, 0.1) is 15.9 Å². The zero-order valence-electron chi connectivity index (χ0n) is 16.2. The Hall–Kier alpha value is -4.86. The number of aliphatic imine (C=N–C) groups is 1. The molecule has 0 N–H and O–H groups in total. The topological polar surface area (TPSA) is 134 Å². The van der Waals surface area contributed by atoms with Gasteiger partial charge in [-0.3, -0.25) is 20.2 Å². The second kappa shape index (κ2) is 8.48. The van der Waals surface area contributed by atoms with E-state index in [2.05, 4.69) is 4.99 Å². The molecule has 0 amide bonds. The average Bonchev–Trinajstić information content (AvgIpc) is 3.15. The summed E-state index contributed by atoms with van der Waals surface area (Å²) in [6.07, 6.45) is 1.50. The fourth-order valence-electron chi connectivity index (χ4n) is 2.91. The minimum Gasteiger partial charge on any atom is -0.450 e. The maximum atomic E-state index is 12.2. The van der Waals surface area contributed by atoms with Crippen molar-refractivity contribution in [2.75, 3.05) is 0 Å². The number of benzene rings is 3. The molecule has 0 saturated heterocycles. The predicted molar refractivity (Wildman–Crippen MR) is 113 cm³/mol. The monoisotopic (exact) mass is 431 g/mol. The Morgan fingerprint density at radius 1 is 0.906 bits per heavy atom. The van der Waals surface area contributed by atoms with E-state index in [1.54, 1.807) is 48.5 Å². The molecule has 0 unspecified atom stereocenters. The first-order valence-corrected chi connectivity index (χ1v) is 9.19. The lowest BCUT2D eigenvalue weighted by atomic mass is 10.2. The lowest BCUT2D eigenvalue weighted by molar-refractivity contribution is -0.394. The summed E-state index contributed by atoms with van der Waals surface area (Å²) < 4.78 is 10.8. The van der Waals surface area contributed by atoms with E-state index in [0.29, 0.717) is 11.1 Å². The molecule has 0 aliphatic carbocycles. The maximum absolute atomic E-state index is 12.2. The highest BCUT2D eigenvalue weighted by Crippen LogP contribution is 2.34. The van der Waals surface area contributed by atoms with Crippen LogP contribution >= 0.6 is 0 Å². The molecule has 4 rings (SSSR count). The van der Waals surface area contributed by atoms with E-state index >= 15 is 0 Å². The van der Waals surface area contributed by atoms with Crippen LogP contribution in [0.2, 0.25) is 0 Å². The Labute approximate surface area is 180 Å². The van der Waals surface area contributed by atoms with Gasteiger partial charge >= 0.3 is 11.7 Å². The third kappa shape index (κ3) is 4.33. The van der Waals surface area contributed by atoms with Crippen LogP contribution in [-0.2, 0) is 9.53 Å². The number of esters is 1. The van der Waals surface area contributed by atoms with E-state index in [-0.39, 0.29) is 23.1 Å². The van der Waals surface area contributed by atoms with Gasteiger partial charge in [0, 0.05) is 11.6 Å². The third-order valence-corrected chi connectivity index (χ3v) is 4.38. The van der Waals surface area contributed by atoms with Gasteiger partial charge in [-0.15, -0.1) is 0 Å². The summed E-state index contributed by atoms with van der Waals surface area (Å²) in [6.45, 7) is 0. The molecule has 0 radical (unpaired) electrons. The summed E-state index contributed by atoms with van der Waals surface area (Å²) >= 11 is 0. The number of hydrogen-bond acceptors (Lipinski definition) is 8. The van der Waals surface area contributed by atoms with Gasteiger partial charge in [0.1, 0.15) is 5.75 Å². The van der Waals surface area contributed by atoms with E-state index in [4.69, 9.17) is 9.47 Å². The third-order valence-electron chi connectivity index (χ3n) is 4.38. The van der Waals surface area contributed by atoms with E-state index in [1.807, 2.05) is 6.07 Å². The summed E-state index contributed by atoms with van der Waals surface area (Å²) in [5, 5.41) is 22.2. The van der Waals surface area contributed by atoms with Crippen molar-refractivity contribution in [3.63, 3.8) is 0 Å². The molecule has 0 fully saturated rings. The van der Waals surface area contributed by atoms with Gasteiger partial charge in [0.25, 0.3) is 5.69 Å². The molecule has 3 aromatic rings. The van der Waals surface area contributed by atoms with Crippen LogP contribution in [0, 0.1) is 20.2 Å². The first kappa shape index (κ1) is 20.4. The number of cyclic esters (lactones) is 1. The van der Waals surface area contributed by atoms with Crippen molar-refractivity contribution in [2.24, 2.45) is 4.99 Å². The van der Waals surface area contributed by atoms with E-state index in [9.17, 15) is 25.0 Å². The highest BCUT2D eigenvalue weighted by molar-refractivity contribution is 6.12. The van der Waals surface area contributed by atoms with E-state index < -0.39 is 27.2 Å². The van der Waals surface area contributed by atoms with Crippen LogP contribution in [0.5, 0.6) is 11.5 Å². The lowest BCUT2D eigenvalue weighted by Gasteiger charge is -2.07. The van der Waals surface area contributed by atoms with Gasteiger partial charge in [-0.1, -0.05) is 30.3 Å². The number of carbonyl (C=O) groups is 1. The number of nitrogens with zero attached hydrogens (tertiary/aromatic N) is 3. The van der Waals surface area contributed by atoms with Gasteiger partial charge in [0.15, 0.2) is 5.70 Å². The van der Waals surface area contributed by atoms with Crippen molar-refractivity contribution in [1.29, 1.82) is 0 Å². The Bertz CT molecular complexity index is 1300. The molecular weight excluding hydrogens is 418 g/mol. The average molecular weight is 431 g/mol. The van der Waals surface area contributed by atoms with Crippen LogP contribution in [0.25, 0.3) is 6.08 Å². The molecule has 32 heavy (non-hydrogen) atoms. The number of rotatable bonds is 6. The molecule has 10 heteroatoms. The SMILES string of the molecule is O=C1OC(c2ccccc2)=NC1=Cc1cccc(Oc2ccc([N+](=O)[O-])cc2[N+](=O)[O-])c1. The van der Waals surface area contributed by atoms with Crippen LogP contribution in [-0.4, -0.2) is 21.7 Å². The zero-order valence-corrected chi connectivity index (χ0v) is 16.2. The normalized spacial score (nSPS) is 14.1. The number of non-ortho nitro benzene ring substituents is 1. The number of nitro groups is 2. The van der Waals surface area contributed by atoms with Crippen molar-refractivity contribution in [3.05, 3.63) is 110 Å². The standard InChI is InChI=1S/C22H13N3O7/c26-22-18(23-21(32-22)15-6-2-1-3-7-15)12-14-5-4-8-17(11-14)31-20-10-9-16(24(27)28)13-19(20)25(29)30/h1-13H. The van der Waals surface area contributed by atoms with Crippen molar-refractivity contribution in [3.8, 4) is 11.5 Å². The first-order valence-electron chi connectivity index (χ1n) is 9.19. The van der Waals surface area contributed by atoms with Gasteiger partial charge in [-0.25, -0.2) is 9.79 Å². The summed E-state index contributed by atoms with van der Waals surface area (Å²) in [5.41, 5.74) is 0.319. The number of carbonyl (C=O) groups excluding carboxylic acids is 1. The molecule has 0 bridgehead atoms. The summed E-state index contributed by atoms with van der Waals surface area (Å²) in [5.74, 6) is -0.345. The van der Waals surface area contributed by atoms with E-state index in [0.717, 1.165) is 18.2 Å². The molecule has 3 aromatic carbocycles. The Morgan fingerprint density at radius 2 is 1.69 bits per heavy atom. The minimum atomic E-state index is -0.761. The first-order chi connectivity index (χ1) is 15.4. The molecule has 1 heterocycles. The van der Waals surface area contributed by atoms with Gasteiger partial charge in [-0.2, -0.15) is 0 Å². The van der Waals surface area contributed by atoms with Crippen molar-refractivity contribution in [2.45, 2.75) is 0 Å². The second-order valence-electron chi connectivity index (χ2n) is 6.54. The van der Waals surface area contributed by atoms with Crippen molar-refractivity contribution in [1.82, 2.24) is 0 Å². The minimum absolute atomic E-state index is 0.0855. The van der Waals surface area contributed by atoms with Crippen molar-refractivity contribution >= 4 is 29.3 Å². The molecule has 0 saturated carbocycles. The second-order valence-corrected chi connectivity index (χ2v) is 6.54. The Balaban J connectivity index is 1.61. The highest BCUT2D eigenvalue weighted by atomic mass is 16.6. The fourth-order valence-corrected chi connectivity index (χ4v) is 2.91. The Morgan fingerprint density at radius 3 is 2.41 bits per heavy atom. The molecule has 0 atom stereocenters. The van der Waals surface area contributed by atoms with Gasteiger partial charge in [-0.05, 0) is 42.0 Å². The van der Waals surface area contributed by atoms with E-state index in [1.165, 1.54) is 6.08 Å². The molecule has 0 aromatic heterocycles. The Kier molecular flexibility index (Phi) is 5.41. The predicted octanol–water partition coefficient (Wildman–Crippen LogP) is 4.64. The number of ether oxygens (including phenoxy) is 2. The van der Waals surface area contributed by atoms with Crippen LogP contribution in [0.1, 0.15) is 11.1 Å². The zero-order chi connectivity index (χ0) is 22.7. The molecular formula is C22H13N3O7. The van der Waals surface area contributed by atoms with Crippen LogP contribution in [0.4, 0.5) is 11.4 Å². The van der Waals surface area contributed by atoms with Crippen LogP contribution < -0.4 is 4.74 Å². The quantitative estimate of drug-likeness (QED) is 0.240. The molecule has 1 aliphatic rings. The molecule has 0 spiro atoms. The maximum Gasteiger partial charge on any atom is 0.363 e. The summed E-state index contributed by atoms with van der Waals surface area (Å²) in [7, 11) is 0. The smallest absolute Gasteiger partial charge is 0.363 e. The summed E-state index contributed by atoms with van der Waals surface area (Å²) in [4.78, 5) is 37.1. The number of hydrogen-bond donors (Lipinski definition) is 0. The van der Waals surface area contributed by atoms with Crippen LogP contribution in [0.3, 0.4) is 0 Å². The lowest BCUT2D eigenvalue weighted by Crippen LogP contribution is -2.04. The fraction of sp³-hybridized carbons (Fsp3) is 0. The summed E-state index contributed by atoms with van der Waals surface area (Å²) in [6, 6.07) is 18.5. The van der Waals surface area contributed by atoms with Crippen LogP contribution in [0.15, 0.2) is 83.5 Å². The molecule has 10 nitrogen and oxygen atoms in total. The largest absolute Gasteiger partial charge is 0.450 e. The molecule has 1 aliphatic heterocycles. The number of nitro benzene ring substituents is 2. The van der Waals surface area contributed by atoms with Crippen molar-refractivity contribution < 1.29 is 24.1 Å². The van der Waals surface area contributed by atoms with Gasteiger partial charge in [0.2, 0.25) is 11.6 Å². The highest BCUT2D eigenvalue weighted by Gasteiger charge is 2.24. The molecule has 158 valence electrons. The van der Waals surface area contributed by atoms with Gasteiger partial charge < -0.3 is 9.47 Å².